The maximum Gasteiger partial charge on any atom is 0.264 e. The van der Waals surface area contributed by atoms with Crippen LogP contribution >= 0.6 is 11.3 Å². The molecule has 0 aromatic carbocycles. The lowest BCUT2D eigenvalue weighted by Crippen LogP contribution is -2.41. The topological polar surface area (TPSA) is 100 Å². The number of hydrogen-bond acceptors (Lipinski definition) is 6. The summed E-state index contributed by atoms with van der Waals surface area (Å²) in [5.74, 6) is -0.162. The van der Waals surface area contributed by atoms with E-state index in [0.29, 0.717) is 53.6 Å². The first kappa shape index (κ1) is 22.4. The van der Waals surface area contributed by atoms with Crippen molar-refractivity contribution in [3.63, 3.8) is 0 Å². The number of nitrogens with one attached hydrogen (secondary N) is 2. The summed E-state index contributed by atoms with van der Waals surface area (Å²) < 4.78 is 5.35. The van der Waals surface area contributed by atoms with Crippen LogP contribution in [0.3, 0.4) is 0 Å². The van der Waals surface area contributed by atoms with Crippen LogP contribution in [-0.2, 0) is 4.74 Å². The molecule has 2 amide bonds. The lowest BCUT2D eigenvalue weighted by atomic mass is 9.88. The Balaban J connectivity index is 1.62. The Bertz CT molecular complexity index is 1150. The van der Waals surface area contributed by atoms with Gasteiger partial charge in [-0.3, -0.25) is 9.59 Å². The summed E-state index contributed by atoms with van der Waals surface area (Å²) in [6.45, 7) is 12.5. The normalized spacial score (nSPS) is 15.7. The molecule has 9 heteroatoms. The summed E-state index contributed by atoms with van der Waals surface area (Å²) in [4.78, 5) is 41.4. The number of hydrogen-bond donors (Lipinski definition) is 2. The van der Waals surface area contributed by atoms with Crippen molar-refractivity contribution in [2.75, 3.05) is 26.3 Å². The molecule has 1 atom stereocenters. The molecule has 3 aromatic heterocycles. The lowest BCUT2D eigenvalue weighted by molar-refractivity contribution is 0.0305. The third-order valence-corrected chi connectivity index (χ3v) is 7.18. The van der Waals surface area contributed by atoms with E-state index in [9.17, 15) is 9.59 Å². The van der Waals surface area contributed by atoms with E-state index in [0.717, 1.165) is 10.4 Å². The van der Waals surface area contributed by atoms with Gasteiger partial charge < -0.3 is 19.9 Å². The summed E-state index contributed by atoms with van der Waals surface area (Å²) in [7, 11) is 0. The minimum absolute atomic E-state index is 0.00945. The molecule has 170 valence electrons. The number of fused-ring (bicyclic) bond motifs is 1. The van der Waals surface area contributed by atoms with E-state index in [-0.39, 0.29) is 23.3 Å². The van der Waals surface area contributed by atoms with Crippen molar-refractivity contribution in [3.05, 3.63) is 34.5 Å². The lowest BCUT2D eigenvalue weighted by Gasteiger charge is -2.27. The monoisotopic (exact) mass is 455 g/mol. The second kappa shape index (κ2) is 8.63. The first-order valence-electron chi connectivity index (χ1n) is 10.8. The summed E-state index contributed by atoms with van der Waals surface area (Å²) >= 11 is 1.41. The smallest absolute Gasteiger partial charge is 0.264 e. The molecular formula is C23H29N5O3S. The standard InChI is InChI=1S/C23H29N5O3S/c1-13-10-17(32-19(13)22(30)28-6-8-31-9-7-28)16-12-25-20-18(27-16)15(11-24-20)21(29)26-14(2)23(3,4)5/h10-12,14H,6-9H2,1-5H3,(H,24,25)(H,26,29). The zero-order valence-corrected chi connectivity index (χ0v) is 19.9. The number of aryl methyl sites for hydroxylation is 1. The van der Waals surface area contributed by atoms with Gasteiger partial charge in [-0.05, 0) is 30.9 Å². The number of ether oxygens (including phenoxy) is 1. The third kappa shape index (κ3) is 4.40. The average molecular weight is 456 g/mol. The van der Waals surface area contributed by atoms with Gasteiger partial charge in [-0.2, -0.15) is 0 Å². The van der Waals surface area contributed by atoms with Crippen molar-refractivity contribution < 1.29 is 14.3 Å². The molecule has 0 bridgehead atoms. The SMILES string of the molecule is Cc1cc(-c2cnc3[nH]cc(C(=O)NC(C)C(C)(C)C)c3n2)sc1C(=O)N1CCOCC1. The Kier molecular flexibility index (Phi) is 6.05. The molecule has 4 heterocycles. The minimum Gasteiger partial charge on any atom is -0.378 e. The van der Waals surface area contributed by atoms with E-state index in [1.54, 1.807) is 12.4 Å². The summed E-state index contributed by atoms with van der Waals surface area (Å²) in [6.07, 6.45) is 3.32. The predicted octanol–water partition coefficient (Wildman–Crippen LogP) is 3.63. The largest absolute Gasteiger partial charge is 0.378 e. The van der Waals surface area contributed by atoms with Crippen LogP contribution in [-0.4, -0.2) is 64.0 Å². The fourth-order valence-corrected chi connectivity index (χ4v) is 4.50. The van der Waals surface area contributed by atoms with Crippen molar-refractivity contribution >= 4 is 34.3 Å². The van der Waals surface area contributed by atoms with E-state index in [1.165, 1.54) is 11.3 Å². The zero-order valence-electron chi connectivity index (χ0n) is 19.1. The van der Waals surface area contributed by atoms with Crippen LogP contribution in [0.1, 0.15) is 53.3 Å². The van der Waals surface area contributed by atoms with E-state index in [2.05, 4.69) is 36.1 Å². The molecule has 1 unspecified atom stereocenters. The highest BCUT2D eigenvalue weighted by atomic mass is 32.1. The molecular weight excluding hydrogens is 426 g/mol. The zero-order chi connectivity index (χ0) is 23.0. The molecule has 1 aliphatic heterocycles. The Morgan fingerprint density at radius 2 is 2.00 bits per heavy atom. The van der Waals surface area contributed by atoms with Gasteiger partial charge >= 0.3 is 0 Å². The highest BCUT2D eigenvalue weighted by Gasteiger charge is 2.25. The summed E-state index contributed by atoms with van der Waals surface area (Å²) in [6, 6.07) is 1.95. The first-order chi connectivity index (χ1) is 15.1. The van der Waals surface area contributed by atoms with Crippen molar-refractivity contribution in [2.24, 2.45) is 5.41 Å². The first-order valence-corrected chi connectivity index (χ1v) is 11.6. The molecule has 4 rings (SSSR count). The van der Waals surface area contributed by atoms with Gasteiger partial charge in [0, 0.05) is 25.3 Å². The number of rotatable bonds is 4. The van der Waals surface area contributed by atoms with Gasteiger partial charge in [-0.15, -0.1) is 11.3 Å². The molecule has 32 heavy (non-hydrogen) atoms. The van der Waals surface area contributed by atoms with Crippen molar-refractivity contribution in [3.8, 4) is 10.6 Å². The van der Waals surface area contributed by atoms with Gasteiger partial charge in [0.25, 0.3) is 11.8 Å². The average Bonchev–Trinajstić information content (AvgIpc) is 3.36. The minimum atomic E-state index is -0.185. The fourth-order valence-electron chi connectivity index (χ4n) is 3.40. The van der Waals surface area contributed by atoms with Crippen LogP contribution in [0.25, 0.3) is 21.7 Å². The van der Waals surface area contributed by atoms with Crippen LogP contribution < -0.4 is 5.32 Å². The molecule has 0 saturated carbocycles. The Morgan fingerprint density at radius 1 is 1.28 bits per heavy atom. The van der Waals surface area contributed by atoms with Gasteiger partial charge in [0.1, 0.15) is 5.52 Å². The Morgan fingerprint density at radius 3 is 2.69 bits per heavy atom. The van der Waals surface area contributed by atoms with Crippen molar-refractivity contribution in [2.45, 2.75) is 40.7 Å². The second-order valence-corrected chi connectivity index (χ2v) is 10.3. The quantitative estimate of drug-likeness (QED) is 0.626. The molecule has 1 aliphatic rings. The number of nitrogens with zero attached hydrogens (tertiary/aromatic N) is 3. The molecule has 0 aliphatic carbocycles. The van der Waals surface area contributed by atoms with Crippen LogP contribution in [0.15, 0.2) is 18.5 Å². The van der Waals surface area contributed by atoms with E-state index < -0.39 is 0 Å². The van der Waals surface area contributed by atoms with Gasteiger partial charge in [0.05, 0.1) is 40.4 Å². The van der Waals surface area contributed by atoms with Gasteiger partial charge in [0.2, 0.25) is 0 Å². The fraction of sp³-hybridized carbons (Fsp3) is 0.478. The molecule has 8 nitrogen and oxygen atoms in total. The van der Waals surface area contributed by atoms with Gasteiger partial charge in [-0.1, -0.05) is 20.8 Å². The molecule has 3 aromatic rings. The van der Waals surface area contributed by atoms with Crippen LogP contribution in [0.2, 0.25) is 0 Å². The summed E-state index contributed by atoms with van der Waals surface area (Å²) in [5.41, 5.74) is 3.03. The number of aromatic amines is 1. The number of aromatic nitrogens is 3. The highest BCUT2D eigenvalue weighted by molar-refractivity contribution is 7.17. The highest BCUT2D eigenvalue weighted by Crippen LogP contribution is 2.32. The number of carbonyl (C=O) groups excluding carboxylic acids is 2. The van der Waals surface area contributed by atoms with Crippen molar-refractivity contribution in [1.82, 2.24) is 25.2 Å². The third-order valence-electron chi connectivity index (χ3n) is 5.93. The molecule has 0 radical (unpaired) electrons. The van der Waals surface area contributed by atoms with Crippen LogP contribution in [0.4, 0.5) is 0 Å². The van der Waals surface area contributed by atoms with E-state index in [1.807, 2.05) is 24.8 Å². The molecule has 1 fully saturated rings. The summed E-state index contributed by atoms with van der Waals surface area (Å²) in [5, 5.41) is 3.05. The number of amides is 2. The predicted molar refractivity (Wildman–Crippen MR) is 125 cm³/mol. The van der Waals surface area contributed by atoms with Crippen LogP contribution in [0.5, 0.6) is 0 Å². The number of morpholine rings is 1. The van der Waals surface area contributed by atoms with E-state index in [4.69, 9.17) is 9.72 Å². The molecule has 2 N–H and O–H groups in total. The maximum atomic E-state index is 13.0. The molecule has 0 spiro atoms. The second-order valence-electron chi connectivity index (χ2n) is 9.24. The van der Waals surface area contributed by atoms with E-state index >= 15 is 0 Å². The van der Waals surface area contributed by atoms with Gasteiger partial charge in [0.15, 0.2) is 5.65 Å². The molecule has 1 saturated heterocycles. The van der Waals surface area contributed by atoms with Crippen molar-refractivity contribution in [1.29, 1.82) is 0 Å². The van der Waals surface area contributed by atoms with Crippen LogP contribution in [0, 0.1) is 12.3 Å². The Hall–Kier alpha value is -2.78. The number of thiophene rings is 1. The number of H-pyrrole nitrogens is 1. The maximum absolute atomic E-state index is 13.0. The Labute approximate surface area is 191 Å². The number of carbonyl (C=O) groups is 2. The van der Waals surface area contributed by atoms with Gasteiger partial charge in [-0.25, -0.2) is 9.97 Å².